The number of pyridine rings is 1. The van der Waals surface area contributed by atoms with Crippen molar-refractivity contribution >= 4 is 11.8 Å². The van der Waals surface area contributed by atoms with Crippen molar-refractivity contribution in [2.24, 2.45) is 0 Å². The van der Waals surface area contributed by atoms with E-state index in [1.54, 1.807) is 35.5 Å². The Morgan fingerprint density at radius 3 is 2.64 bits per heavy atom. The summed E-state index contributed by atoms with van der Waals surface area (Å²) in [5, 5.41) is 15.6. The molecule has 0 unspecified atom stereocenters. The van der Waals surface area contributed by atoms with Crippen LogP contribution in [-0.4, -0.2) is 67.2 Å². The number of amides is 2. The number of aromatic nitrogens is 5. The molecular formula is C25H31N7O4. The summed E-state index contributed by atoms with van der Waals surface area (Å²) in [6, 6.07) is 6.43. The molecule has 2 amide bonds. The zero-order valence-electron chi connectivity index (χ0n) is 20.4. The number of nitrogens with zero attached hydrogens (tertiary/aromatic N) is 6. The average Bonchev–Trinajstić information content (AvgIpc) is 3.68. The molecule has 0 spiro atoms. The van der Waals surface area contributed by atoms with Gasteiger partial charge in [-0.3, -0.25) is 14.6 Å². The zero-order chi connectivity index (χ0) is 24.9. The van der Waals surface area contributed by atoms with Gasteiger partial charge in [0.15, 0.2) is 5.76 Å². The number of carbonyl (C=O) groups excluding carboxylic acids is 2. The van der Waals surface area contributed by atoms with E-state index in [1.165, 1.54) is 4.80 Å². The van der Waals surface area contributed by atoms with E-state index >= 15 is 0 Å². The number of tetrazole rings is 1. The Morgan fingerprint density at radius 2 is 1.94 bits per heavy atom. The molecule has 1 saturated heterocycles. The molecule has 1 aliphatic heterocycles. The predicted molar refractivity (Wildman–Crippen MR) is 128 cm³/mol. The largest absolute Gasteiger partial charge is 0.458 e. The Morgan fingerprint density at radius 1 is 1.14 bits per heavy atom. The summed E-state index contributed by atoms with van der Waals surface area (Å²) in [5.41, 5.74) is 0.699. The van der Waals surface area contributed by atoms with Gasteiger partial charge in [-0.1, -0.05) is 12.8 Å². The van der Waals surface area contributed by atoms with Crippen molar-refractivity contribution < 1.29 is 18.7 Å². The van der Waals surface area contributed by atoms with Gasteiger partial charge in [0.25, 0.3) is 0 Å². The number of ether oxygens (including phenoxy) is 1. The zero-order valence-corrected chi connectivity index (χ0v) is 20.4. The van der Waals surface area contributed by atoms with Gasteiger partial charge in [-0.15, -0.1) is 10.2 Å². The molecule has 3 aromatic heterocycles. The van der Waals surface area contributed by atoms with Gasteiger partial charge < -0.3 is 19.4 Å². The van der Waals surface area contributed by atoms with Gasteiger partial charge in [-0.25, -0.2) is 0 Å². The second-order valence-electron chi connectivity index (χ2n) is 9.41. The highest BCUT2D eigenvalue weighted by atomic mass is 16.5. The van der Waals surface area contributed by atoms with Crippen LogP contribution in [0, 0.1) is 6.92 Å². The summed E-state index contributed by atoms with van der Waals surface area (Å²) in [5.74, 6) is 1.01. The molecule has 0 radical (unpaired) electrons. The highest BCUT2D eigenvalue weighted by molar-refractivity contribution is 5.89. The van der Waals surface area contributed by atoms with Crippen LogP contribution in [0.4, 0.5) is 0 Å². The number of furan rings is 1. The van der Waals surface area contributed by atoms with Gasteiger partial charge in [0, 0.05) is 31.6 Å². The smallest absolute Gasteiger partial charge is 0.247 e. The van der Waals surface area contributed by atoms with Crippen LogP contribution in [0.25, 0.3) is 11.6 Å². The lowest BCUT2D eigenvalue weighted by atomic mass is 10.0. The molecule has 0 aromatic carbocycles. The monoisotopic (exact) mass is 493 g/mol. The maximum Gasteiger partial charge on any atom is 0.247 e. The molecule has 11 nitrogen and oxygen atoms in total. The number of carbonyl (C=O) groups is 2. The van der Waals surface area contributed by atoms with E-state index in [2.05, 4.69) is 25.7 Å². The molecule has 1 aliphatic carbocycles. The standard InChI is InChI=1S/C25H31N7O4/c1-17-8-9-21(36-17)24-28-30-32(29-24)16-22(33)31(15-20-7-4-14-35-20)23(18-10-12-26-13-11-18)25(34)27-19-5-2-3-6-19/h8-13,19-20,23H,2-7,14-16H2,1H3,(H,27,34)/t20-,23-/m1/s1. The molecule has 11 heteroatoms. The fraction of sp³-hybridized carbons (Fsp3) is 0.520. The van der Waals surface area contributed by atoms with Gasteiger partial charge in [0.05, 0.1) is 6.10 Å². The Balaban J connectivity index is 1.41. The van der Waals surface area contributed by atoms with Crippen LogP contribution in [0.2, 0.25) is 0 Å². The van der Waals surface area contributed by atoms with Gasteiger partial charge in [0.2, 0.25) is 17.6 Å². The Hall–Kier alpha value is -3.60. The molecule has 36 heavy (non-hydrogen) atoms. The maximum atomic E-state index is 13.7. The number of rotatable bonds is 9. The number of nitrogens with one attached hydrogen (secondary N) is 1. The summed E-state index contributed by atoms with van der Waals surface area (Å²) in [4.78, 5) is 34.3. The summed E-state index contributed by atoms with van der Waals surface area (Å²) in [7, 11) is 0. The molecule has 2 fully saturated rings. The molecule has 1 saturated carbocycles. The lowest BCUT2D eigenvalue weighted by Crippen LogP contribution is -2.49. The van der Waals surface area contributed by atoms with E-state index in [0.29, 0.717) is 30.3 Å². The number of hydrogen-bond donors (Lipinski definition) is 1. The number of aryl methyl sites for hydroxylation is 1. The first kappa shape index (κ1) is 24.1. The average molecular weight is 494 g/mol. The van der Waals surface area contributed by atoms with Gasteiger partial charge >= 0.3 is 0 Å². The Bertz CT molecular complexity index is 1170. The normalized spacial score (nSPS) is 18.9. The molecule has 0 bridgehead atoms. The SMILES string of the molecule is Cc1ccc(-c2nnn(CC(=O)N(C[C@H]3CCCO3)[C@@H](C(=O)NC3CCCC3)c3ccncc3)n2)o1. The molecule has 190 valence electrons. The van der Waals surface area contributed by atoms with Gasteiger partial charge in [-0.2, -0.15) is 4.80 Å². The fourth-order valence-electron chi connectivity index (χ4n) is 4.90. The molecule has 1 N–H and O–H groups in total. The van der Waals surface area contributed by atoms with Crippen molar-refractivity contribution in [3.63, 3.8) is 0 Å². The molecule has 4 heterocycles. The Labute approximate surface area is 209 Å². The van der Waals surface area contributed by atoms with Crippen LogP contribution in [0.1, 0.15) is 55.9 Å². The second-order valence-corrected chi connectivity index (χ2v) is 9.41. The highest BCUT2D eigenvalue weighted by Crippen LogP contribution is 2.26. The minimum Gasteiger partial charge on any atom is -0.458 e. The van der Waals surface area contributed by atoms with Crippen LogP contribution in [-0.2, 0) is 20.9 Å². The van der Waals surface area contributed by atoms with Crippen LogP contribution in [0.15, 0.2) is 41.1 Å². The lowest BCUT2D eigenvalue weighted by Gasteiger charge is -2.33. The predicted octanol–water partition coefficient (Wildman–Crippen LogP) is 2.44. The highest BCUT2D eigenvalue weighted by Gasteiger charge is 2.35. The van der Waals surface area contributed by atoms with Crippen molar-refractivity contribution in [3.8, 4) is 11.6 Å². The van der Waals surface area contributed by atoms with E-state index in [-0.39, 0.29) is 30.5 Å². The third kappa shape index (κ3) is 5.62. The lowest BCUT2D eigenvalue weighted by molar-refractivity contribution is -0.143. The van der Waals surface area contributed by atoms with Gasteiger partial charge in [0.1, 0.15) is 18.3 Å². The minimum absolute atomic E-state index is 0.123. The quantitative estimate of drug-likeness (QED) is 0.481. The van der Waals surface area contributed by atoms with E-state index in [9.17, 15) is 9.59 Å². The molecule has 2 aliphatic rings. The van der Waals surface area contributed by atoms with Crippen molar-refractivity contribution in [2.45, 2.75) is 70.2 Å². The van der Waals surface area contributed by atoms with Crippen molar-refractivity contribution in [1.82, 2.24) is 35.4 Å². The van der Waals surface area contributed by atoms with E-state index in [1.807, 2.05) is 13.0 Å². The van der Waals surface area contributed by atoms with Crippen molar-refractivity contribution in [2.75, 3.05) is 13.2 Å². The molecular weight excluding hydrogens is 462 g/mol. The summed E-state index contributed by atoms with van der Waals surface area (Å²) in [6.45, 7) is 2.61. The topological polar surface area (TPSA) is 128 Å². The Kier molecular flexibility index (Phi) is 7.36. The molecule has 3 aromatic rings. The first-order valence-electron chi connectivity index (χ1n) is 12.5. The molecule has 5 rings (SSSR count). The summed E-state index contributed by atoms with van der Waals surface area (Å²) >= 11 is 0. The summed E-state index contributed by atoms with van der Waals surface area (Å²) in [6.07, 6.45) is 8.99. The van der Waals surface area contributed by atoms with Crippen LogP contribution < -0.4 is 5.32 Å². The van der Waals surface area contributed by atoms with E-state index < -0.39 is 6.04 Å². The van der Waals surface area contributed by atoms with Crippen LogP contribution in [0.5, 0.6) is 0 Å². The first-order chi connectivity index (χ1) is 17.6. The minimum atomic E-state index is -0.819. The maximum absolute atomic E-state index is 13.7. The second kappa shape index (κ2) is 11.0. The van der Waals surface area contributed by atoms with Crippen molar-refractivity contribution in [3.05, 3.63) is 48.0 Å². The van der Waals surface area contributed by atoms with E-state index in [4.69, 9.17) is 9.15 Å². The first-order valence-corrected chi connectivity index (χ1v) is 12.5. The van der Waals surface area contributed by atoms with Crippen LogP contribution in [0.3, 0.4) is 0 Å². The fourth-order valence-corrected chi connectivity index (χ4v) is 4.90. The number of hydrogen-bond acceptors (Lipinski definition) is 8. The van der Waals surface area contributed by atoms with Crippen molar-refractivity contribution in [1.29, 1.82) is 0 Å². The van der Waals surface area contributed by atoms with Crippen LogP contribution >= 0.6 is 0 Å². The third-order valence-electron chi connectivity index (χ3n) is 6.72. The third-order valence-corrected chi connectivity index (χ3v) is 6.72. The van der Waals surface area contributed by atoms with E-state index in [0.717, 1.165) is 44.3 Å². The molecule has 2 atom stereocenters. The summed E-state index contributed by atoms with van der Waals surface area (Å²) < 4.78 is 11.4. The van der Waals surface area contributed by atoms with Gasteiger partial charge in [-0.05, 0) is 67.6 Å².